The van der Waals surface area contributed by atoms with Crippen LogP contribution in [0.15, 0.2) is 35.4 Å². The Labute approximate surface area is 135 Å². The maximum Gasteiger partial charge on any atom is 1.00 e. The van der Waals surface area contributed by atoms with Crippen LogP contribution in [-0.2, 0) is 0 Å². The van der Waals surface area contributed by atoms with Crippen LogP contribution in [0.5, 0.6) is 0 Å². The molecule has 1 unspecified atom stereocenters. The minimum Gasteiger partial charge on any atom is -0.174 e. The Morgan fingerprint density at radius 2 is 1.89 bits per heavy atom. The van der Waals surface area contributed by atoms with Crippen molar-refractivity contribution in [2.75, 3.05) is 0 Å². The largest absolute Gasteiger partial charge is 1.00 e. The molecule has 1 aromatic rings. The summed E-state index contributed by atoms with van der Waals surface area (Å²) < 4.78 is 0. The van der Waals surface area contributed by atoms with Crippen LogP contribution in [-0.4, -0.2) is 14.1 Å². The summed E-state index contributed by atoms with van der Waals surface area (Å²) in [5.41, 5.74) is 9.70. The Bertz CT molecular complexity index is 525. The van der Waals surface area contributed by atoms with Gasteiger partial charge in [0.25, 0.3) is 0 Å². The van der Waals surface area contributed by atoms with Crippen LogP contribution in [0.3, 0.4) is 0 Å². The minimum absolute atomic E-state index is 0. The van der Waals surface area contributed by atoms with Gasteiger partial charge in [-0.2, -0.15) is 22.9 Å². The molecule has 2 rings (SSSR count). The zero-order valence-corrected chi connectivity index (χ0v) is 15.5. The van der Waals surface area contributed by atoms with E-state index in [0.717, 1.165) is 0 Å². The maximum atomic E-state index is 2.47. The molecular weight excluding hydrogens is 243 g/mol. The first-order chi connectivity index (χ1) is 7.97. The number of rotatable bonds is 2. The van der Waals surface area contributed by atoms with E-state index in [1.807, 2.05) is 0 Å². The Morgan fingerprint density at radius 1 is 1.22 bits per heavy atom. The van der Waals surface area contributed by atoms with Crippen molar-refractivity contribution >= 4 is 14.1 Å². The predicted octanol–water partition coefficient (Wildman–Crippen LogP) is 1.19. The molecule has 18 heavy (non-hydrogen) atoms. The first kappa shape index (κ1) is 16.0. The first-order valence-corrected chi connectivity index (χ1v) is 8.84. The molecule has 0 heterocycles. The summed E-state index contributed by atoms with van der Waals surface area (Å²) in [7, 11) is -0.320. The summed E-state index contributed by atoms with van der Waals surface area (Å²) in [6.45, 7) is 11.3. The average Bonchev–Trinajstić information content (AvgIpc) is 2.69. The fourth-order valence-electron chi connectivity index (χ4n) is 2.63. The number of hydrogen-bond donors (Lipinski definition) is 0. The average molecular weight is 264 g/mol. The van der Waals surface area contributed by atoms with Crippen LogP contribution in [0.4, 0.5) is 0 Å². The van der Waals surface area contributed by atoms with Crippen molar-refractivity contribution in [2.24, 2.45) is 0 Å². The first-order valence-electron chi connectivity index (χ1n) is 6.26. The third-order valence-corrected chi connectivity index (χ3v) is 4.14. The molecule has 0 aliphatic heterocycles. The van der Waals surface area contributed by atoms with E-state index < -0.39 is 0 Å². The molecule has 0 N–H and O–H groups in total. The Morgan fingerprint density at radius 3 is 2.39 bits per heavy atom. The molecule has 0 spiro atoms. The van der Waals surface area contributed by atoms with Gasteiger partial charge in [-0.3, -0.25) is 0 Å². The molecular formula is C16H21NaSi. The molecule has 2 heteroatoms. The number of allylic oxidation sites excluding steroid dienone is 4. The van der Waals surface area contributed by atoms with E-state index in [-0.39, 0.29) is 38.0 Å². The standard InChI is InChI=1S/C16H21Si.Na/c1-11-6-13(3)15(8-11)16-9-12(2)7-14(16)10-17(4)5;/h6-10,15H,1-5H3;/q-1;+1. The maximum absolute atomic E-state index is 2.47. The monoisotopic (exact) mass is 264 g/mol. The molecule has 0 radical (unpaired) electrons. The van der Waals surface area contributed by atoms with Crippen molar-refractivity contribution in [1.29, 1.82) is 0 Å². The molecule has 1 aliphatic rings. The summed E-state index contributed by atoms with van der Waals surface area (Å²) >= 11 is 0. The van der Waals surface area contributed by atoms with Gasteiger partial charge in [0.15, 0.2) is 0 Å². The van der Waals surface area contributed by atoms with Crippen molar-refractivity contribution in [3.8, 4) is 0 Å². The zero-order valence-electron chi connectivity index (χ0n) is 12.5. The molecule has 1 atom stereocenters. The van der Waals surface area contributed by atoms with Crippen LogP contribution in [0.25, 0.3) is 0 Å². The second-order valence-electron chi connectivity index (χ2n) is 5.44. The summed E-state index contributed by atoms with van der Waals surface area (Å²) in [5, 5.41) is 0. The third kappa shape index (κ3) is 3.48. The second-order valence-corrected chi connectivity index (χ2v) is 7.89. The van der Waals surface area contributed by atoms with Crippen molar-refractivity contribution < 1.29 is 29.6 Å². The fourth-order valence-corrected chi connectivity index (χ4v) is 3.50. The summed E-state index contributed by atoms with van der Waals surface area (Å²) in [6.07, 6.45) is 4.69. The van der Waals surface area contributed by atoms with Gasteiger partial charge in [-0.05, 0) is 28.2 Å². The predicted molar refractivity (Wildman–Crippen MR) is 79.7 cm³/mol. The van der Waals surface area contributed by atoms with Crippen LogP contribution < -0.4 is 29.6 Å². The van der Waals surface area contributed by atoms with E-state index in [4.69, 9.17) is 0 Å². The number of hydrogen-bond acceptors (Lipinski definition) is 0. The Kier molecular flexibility index (Phi) is 5.66. The van der Waals surface area contributed by atoms with Crippen LogP contribution >= 0.6 is 0 Å². The van der Waals surface area contributed by atoms with E-state index >= 15 is 0 Å². The molecule has 90 valence electrons. The van der Waals surface area contributed by atoms with Gasteiger partial charge >= 0.3 is 29.6 Å². The topological polar surface area (TPSA) is 0 Å². The number of aryl methyl sites for hydroxylation is 1. The van der Waals surface area contributed by atoms with Crippen molar-refractivity contribution in [1.82, 2.24) is 0 Å². The molecule has 0 saturated carbocycles. The van der Waals surface area contributed by atoms with Crippen LogP contribution in [0, 0.1) is 6.92 Å². The van der Waals surface area contributed by atoms with E-state index in [1.54, 1.807) is 0 Å². The van der Waals surface area contributed by atoms with E-state index in [9.17, 15) is 0 Å². The summed E-state index contributed by atoms with van der Waals surface area (Å²) in [6, 6.07) is 4.69. The molecule has 0 nitrogen and oxygen atoms in total. The second kappa shape index (κ2) is 6.38. The molecule has 0 bridgehead atoms. The van der Waals surface area contributed by atoms with Crippen molar-refractivity contribution in [3.63, 3.8) is 0 Å². The zero-order chi connectivity index (χ0) is 12.6. The molecule has 0 aromatic heterocycles. The molecule has 1 aromatic carbocycles. The Balaban J connectivity index is 0.00000162. The Hall–Kier alpha value is -0.0831. The van der Waals surface area contributed by atoms with Crippen molar-refractivity contribution in [3.05, 3.63) is 52.1 Å². The molecule has 0 amide bonds. The summed E-state index contributed by atoms with van der Waals surface area (Å²) in [4.78, 5) is 0. The van der Waals surface area contributed by atoms with Gasteiger partial charge in [0.05, 0.1) is 0 Å². The van der Waals surface area contributed by atoms with Gasteiger partial charge in [0, 0.05) is 0 Å². The van der Waals surface area contributed by atoms with Crippen LogP contribution in [0.2, 0.25) is 13.1 Å². The van der Waals surface area contributed by atoms with Gasteiger partial charge in [-0.25, -0.2) is 0 Å². The van der Waals surface area contributed by atoms with Gasteiger partial charge in [-0.15, -0.1) is 11.6 Å². The fraction of sp³-hybridized carbons (Fsp3) is 0.375. The van der Waals surface area contributed by atoms with Gasteiger partial charge < -0.3 is 0 Å². The van der Waals surface area contributed by atoms with Gasteiger partial charge in [0.2, 0.25) is 0 Å². The smallest absolute Gasteiger partial charge is 0.174 e. The van der Waals surface area contributed by atoms with Crippen molar-refractivity contribution in [2.45, 2.75) is 39.8 Å². The van der Waals surface area contributed by atoms with E-state index in [0.29, 0.717) is 5.92 Å². The van der Waals surface area contributed by atoms with E-state index in [2.05, 4.69) is 63.8 Å². The third-order valence-electron chi connectivity index (χ3n) is 3.25. The van der Waals surface area contributed by atoms with Crippen LogP contribution in [0.1, 0.15) is 36.5 Å². The summed E-state index contributed by atoms with van der Waals surface area (Å²) in [5.74, 6) is 0.510. The normalized spacial score (nSPS) is 17.9. The van der Waals surface area contributed by atoms with Gasteiger partial charge in [0.1, 0.15) is 0 Å². The van der Waals surface area contributed by atoms with Gasteiger partial charge in [-0.1, -0.05) is 43.3 Å². The molecule has 0 saturated heterocycles. The minimum atomic E-state index is -0.320. The quantitative estimate of drug-likeness (QED) is 0.556. The SMILES string of the molecule is CC1=CC([c-]2cc(C)cc2C=[Si](C)C)C(C)=C1.[Na+]. The molecule has 0 fully saturated rings. The van der Waals surface area contributed by atoms with E-state index in [1.165, 1.54) is 27.8 Å². The molecule has 1 aliphatic carbocycles.